The van der Waals surface area contributed by atoms with E-state index in [2.05, 4.69) is 45.9 Å². The van der Waals surface area contributed by atoms with Crippen molar-refractivity contribution in [3.63, 3.8) is 0 Å². The SMILES string of the molecule is Br.O=C(CC(c1ccccc1)C(c1ccccc1)c1ccccc1)OP. The second-order valence-corrected chi connectivity index (χ2v) is 6.25. The highest BCUT2D eigenvalue weighted by molar-refractivity contribution is 8.93. The maximum Gasteiger partial charge on any atom is 0.308 e. The Labute approximate surface area is 167 Å². The summed E-state index contributed by atoms with van der Waals surface area (Å²) in [5, 5.41) is 0. The summed E-state index contributed by atoms with van der Waals surface area (Å²) in [6.45, 7) is 0. The first-order valence-electron chi connectivity index (χ1n) is 8.34. The van der Waals surface area contributed by atoms with E-state index in [-0.39, 0.29) is 34.8 Å². The van der Waals surface area contributed by atoms with Crippen LogP contribution < -0.4 is 0 Å². The second kappa shape index (κ2) is 10.3. The standard InChI is InChI=1S/C22H21O2P.BrH/c23-21(24-25)16-20(17-10-4-1-5-11-17)22(18-12-6-2-7-13-18)19-14-8-3-9-15-19;/h1-15,20,22H,16,25H2;1H. The van der Waals surface area contributed by atoms with Crippen LogP contribution in [0, 0.1) is 0 Å². The van der Waals surface area contributed by atoms with Crippen LogP contribution in [-0.4, -0.2) is 5.97 Å². The number of hydrogen-bond donors (Lipinski definition) is 0. The summed E-state index contributed by atoms with van der Waals surface area (Å²) in [6, 6.07) is 30.9. The number of benzene rings is 3. The van der Waals surface area contributed by atoms with Gasteiger partial charge in [-0.1, -0.05) is 91.0 Å². The third-order valence-electron chi connectivity index (χ3n) is 4.47. The van der Waals surface area contributed by atoms with E-state index >= 15 is 0 Å². The van der Waals surface area contributed by atoms with E-state index in [1.165, 1.54) is 11.1 Å². The van der Waals surface area contributed by atoms with E-state index in [4.69, 9.17) is 4.52 Å². The summed E-state index contributed by atoms with van der Waals surface area (Å²) in [5.74, 6) is -0.149. The minimum absolute atomic E-state index is 0. The summed E-state index contributed by atoms with van der Waals surface area (Å²) in [6.07, 6.45) is 0.321. The van der Waals surface area contributed by atoms with Gasteiger partial charge in [-0.05, 0) is 16.7 Å². The number of hydrogen-bond acceptors (Lipinski definition) is 2. The molecule has 0 aliphatic rings. The molecule has 0 saturated carbocycles. The van der Waals surface area contributed by atoms with Crippen molar-refractivity contribution in [3.8, 4) is 0 Å². The van der Waals surface area contributed by atoms with Crippen molar-refractivity contribution in [2.45, 2.75) is 18.3 Å². The lowest BCUT2D eigenvalue weighted by molar-refractivity contribution is -0.133. The van der Waals surface area contributed by atoms with Gasteiger partial charge in [-0.15, -0.1) is 17.0 Å². The van der Waals surface area contributed by atoms with Gasteiger partial charge in [0.2, 0.25) is 0 Å². The average Bonchev–Trinajstić information content (AvgIpc) is 2.69. The second-order valence-electron chi connectivity index (χ2n) is 6.01. The molecule has 3 rings (SSSR count). The number of carbonyl (C=O) groups excluding carboxylic acids is 1. The van der Waals surface area contributed by atoms with Gasteiger partial charge in [0.25, 0.3) is 0 Å². The van der Waals surface area contributed by atoms with Crippen molar-refractivity contribution in [3.05, 3.63) is 108 Å². The van der Waals surface area contributed by atoms with Crippen LogP contribution in [0.4, 0.5) is 0 Å². The molecule has 0 aliphatic carbocycles. The molecule has 2 nitrogen and oxygen atoms in total. The summed E-state index contributed by atoms with van der Waals surface area (Å²) in [7, 11) is 2.06. The lowest BCUT2D eigenvalue weighted by Crippen LogP contribution is -2.17. The van der Waals surface area contributed by atoms with Gasteiger partial charge in [-0.3, -0.25) is 4.79 Å². The highest BCUT2D eigenvalue weighted by Crippen LogP contribution is 2.40. The third-order valence-corrected chi connectivity index (χ3v) is 4.73. The first-order chi connectivity index (χ1) is 12.3. The Bertz CT molecular complexity index is 755. The number of rotatable bonds is 6. The van der Waals surface area contributed by atoms with Gasteiger partial charge in [0.1, 0.15) is 0 Å². The average molecular weight is 429 g/mol. The van der Waals surface area contributed by atoms with Gasteiger partial charge in [0.05, 0.1) is 15.9 Å². The number of carbonyl (C=O) groups is 1. The van der Waals surface area contributed by atoms with E-state index in [0.29, 0.717) is 6.42 Å². The van der Waals surface area contributed by atoms with E-state index in [1.54, 1.807) is 0 Å². The third kappa shape index (κ3) is 5.03. The molecule has 0 bridgehead atoms. The van der Waals surface area contributed by atoms with Crippen LogP contribution in [0.3, 0.4) is 0 Å². The maximum absolute atomic E-state index is 12.1. The zero-order chi connectivity index (χ0) is 17.5. The topological polar surface area (TPSA) is 26.3 Å². The molecular formula is C22H22BrO2P. The maximum atomic E-state index is 12.1. The molecule has 0 radical (unpaired) electrons. The number of halogens is 1. The molecule has 0 fully saturated rings. The minimum Gasteiger partial charge on any atom is -0.451 e. The van der Waals surface area contributed by atoms with Gasteiger partial charge in [0.15, 0.2) is 0 Å². The molecular weight excluding hydrogens is 407 g/mol. The van der Waals surface area contributed by atoms with Crippen LogP contribution >= 0.6 is 26.4 Å². The lowest BCUT2D eigenvalue weighted by atomic mass is 9.75. The first-order valence-corrected chi connectivity index (χ1v) is 8.81. The molecule has 26 heavy (non-hydrogen) atoms. The van der Waals surface area contributed by atoms with Crippen LogP contribution in [0.5, 0.6) is 0 Å². The molecule has 0 N–H and O–H groups in total. The minimum atomic E-state index is -0.226. The molecule has 0 heterocycles. The molecule has 134 valence electrons. The molecule has 3 aromatic rings. The fraction of sp³-hybridized carbons (Fsp3) is 0.136. The largest absolute Gasteiger partial charge is 0.451 e. The van der Waals surface area contributed by atoms with Crippen LogP contribution in [0.1, 0.15) is 34.9 Å². The lowest BCUT2D eigenvalue weighted by Gasteiger charge is -2.28. The normalized spacial score (nSPS) is 11.5. The highest BCUT2D eigenvalue weighted by atomic mass is 79.9. The molecule has 4 heteroatoms. The molecule has 2 unspecified atom stereocenters. The van der Waals surface area contributed by atoms with Gasteiger partial charge < -0.3 is 4.52 Å². The van der Waals surface area contributed by atoms with E-state index < -0.39 is 0 Å². The Morgan fingerprint density at radius 2 is 1.12 bits per heavy atom. The Kier molecular flexibility index (Phi) is 8.03. The summed E-state index contributed by atoms with van der Waals surface area (Å²) in [4.78, 5) is 12.1. The predicted molar refractivity (Wildman–Crippen MR) is 115 cm³/mol. The highest BCUT2D eigenvalue weighted by Gasteiger charge is 2.28. The molecule has 3 aromatic carbocycles. The summed E-state index contributed by atoms with van der Waals surface area (Å²) >= 11 is 0. The van der Waals surface area contributed by atoms with Crippen LogP contribution in [0.15, 0.2) is 91.0 Å². The van der Waals surface area contributed by atoms with E-state index in [0.717, 1.165) is 5.56 Å². The van der Waals surface area contributed by atoms with Crippen LogP contribution in [-0.2, 0) is 9.32 Å². The molecule has 0 amide bonds. The Morgan fingerprint density at radius 3 is 1.50 bits per heavy atom. The molecule has 0 saturated heterocycles. The van der Waals surface area contributed by atoms with E-state index in [1.807, 2.05) is 54.6 Å². The molecule has 2 atom stereocenters. The van der Waals surface area contributed by atoms with Crippen LogP contribution in [0.25, 0.3) is 0 Å². The Morgan fingerprint density at radius 1 is 0.731 bits per heavy atom. The fourth-order valence-corrected chi connectivity index (χ4v) is 3.43. The van der Waals surface area contributed by atoms with Crippen LogP contribution in [0.2, 0.25) is 0 Å². The van der Waals surface area contributed by atoms with Crippen molar-refractivity contribution >= 4 is 32.4 Å². The molecule has 0 aromatic heterocycles. The van der Waals surface area contributed by atoms with Crippen molar-refractivity contribution in [2.75, 3.05) is 0 Å². The van der Waals surface area contributed by atoms with E-state index in [9.17, 15) is 4.79 Å². The summed E-state index contributed by atoms with van der Waals surface area (Å²) in [5.41, 5.74) is 3.52. The smallest absolute Gasteiger partial charge is 0.308 e. The van der Waals surface area contributed by atoms with Crippen molar-refractivity contribution in [1.29, 1.82) is 0 Å². The fourth-order valence-electron chi connectivity index (χ4n) is 3.33. The molecule has 0 aliphatic heterocycles. The Hall–Kier alpha value is -1.96. The zero-order valence-corrected chi connectivity index (χ0v) is 17.2. The van der Waals surface area contributed by atoms with Crippen molar-refractivity contribution < 1.29 is 9.32 Å². The van der Waals surface area contributed by atoms with Gasteiger partial charge in [0, 0.05) is 11.8 Å². The molecule has 0 spiro atoms. The van der Waals surface area contributed by atoms with Crippen molar-refractivity contribution in [1.82, 2.24) is 0 Å². The quantitative estimate of drug-likeness (QED) is 0.456. The first kappa shape index (κ1) is 20.4. The van der Waals surface area contributed by atoms with Gasteiger partial charge in [-0.2, -0.15) is 0 Å². The summed E-state index contributed by atoms with van der Waals surface area (Å²) < 4.78 is 4.90. The van der Waals surface area contributed by atoms with Gasteiger partial charge in [-0.25, -0.2) is 0 Å². The van der Waals surface area contributed by atoms with Gasteiger partial charge >= 0.3 is 5.97 Å². The zero-order valence-electron chi connectivity index (χ0n) is 14.3. The monoisotopic (exact) mass is 428 g/mol. The Balaban J connectivity index is 0.00000243. The van der Waals surface area contributed by atoms with Crippen molar-refractivity contribution in [2.24, 2.45) is 0 Å². The predicted octanol–water partition coefficient (Wildman–Crippen LogP) is 5.90.